The molecule has 0 aliphatic carbocycles. The molecular weight excluding hydrogens is 854 g/mol. The summed E-state index contributed by atoms with van der Waals surface area (Å²) in [5, 5.41) is 0. The number of carbonyl (C=O) groups is 6. The van der Waals surface area contributed by atoms with Gasteiger partial charge in [-0.1, -0.05) is 26.8 Å². The van der Waals surface area contributed by atoms with E-state index in [1.54, 1.807) is 66.6 Å². The van der Waals surface area contributed by atoms with Crippen LogP contribution in [-0.2, 0) is 85.6 Å². The van der Waals surface area contributed by atoms with Crippen molar-refractivity contribution in [2.75, 3.05) is 49.1 Å². The number of Topliss-reactive ketones (excluding diaryl/α,β-unsaturated/α-hetero) is 1. The van der Waals surface area contributed by atoms with E-state index in [1.807, 2.05) is 0 Å². The Bertz CT molecular complexity index is 1680. The number of allylic oxidation sites excluding steroid dienone is 3. The Kier molecular flexibility index (Phi) is 22.3. The van der Waals surface area contributed by atoms with E-state index in [-0.39, 0.29) is 31.7 Å². The summed E-state index contributed by atoms with van der Waals surface area (Å²) in [5.74, 6) is -5.68. The molecule has 0 N–H and O–H groups in total. The van der Waals surface area contributed by atoms with Gasteiger partial charge in [-0.25, -0.2) is 0 Å². The SMILES string of the molecule is CCC1OC(=O)CC(=O)C(C)C(O[C@@H]2O[C@H](C)[C@@H](OC(C)=O)[C@H](N(C)C)[C@H]2OC(C)=O)C(CC(OC)OC)CC(C)C(=O)/C=C/C(C)=C\1CO[C@@H]1O[C@H](C)[C@@H](OC(C)=O)[C@@H](OC)[C@@H]1OC. The van der Waals surface area contributed by atoms with Gasteiger partial charge >= 0.3 is 23.9 Å². The highest BCUT2D eigenvalue weighted by Crippen LogP contribution is 2.37. The first-order valence-corrected chi connectivity index (χ1v) is 22.1. The standard InChI is InChI=1S/C46H73NO18/c1-16-35-32(22-58-45-44(57-15)43(56-14)41(27(6)59-45)62-29(8)49)23(2)17-18-33(51)24(3)19-31(20-37(54-12)55-13)39(25(4)34(52)21-36(53)64-35)65-46-42(63-30(9)50)38(47(10)11)40(26(5)60-46)61-28(7)48/h17-18,24-27,31,35,37-46H,16,19-22H2,1-15H3/b18-17+,32-23-/t24?,25?,26-,27-,31?,35?,38+,39?,40-,41-,42-,43-,44+,45-,46+/m1/s1. The number of rotatable bonds is 16. The zero-order chi connectivity index (χ0) is 48.9. The van der Waals surface area contributed by atoms with Crippen molar-refractivity contribution in [2.45, 2.75) is 168 Å². The van der Waals surface area contributed by atoms with Crippen molar-refractivity contribution in [1.82, 2.24) is 4.90 Å². The molecule has 3 heterocycles. The van der Waals surface area contributed by atoms with E-state index in [4.69, 9.17) is 56.8 Å². The van der Waals surface area contributed by atoms with Crippen molar-refractivity contribution >= 4 is 35.4 Å². The molecule has 0 spiro atoms. The molecule has 19 heteroatoms. The summed E-state index contributed by atoms with van der Waals surface area (Å²) in [7, 11) is 9.30. The number of nitrogens with zero attached hydrogens (tertiary/aromatic N) is 1. The van der Waals surface area contributed by atoms with Crippen LogP contribution in [0, 0.1) is 17.8 Å². The van der Waals surface area contributed by atoms with Crippen molar-refractivity contribution in [3.8, 4) is 0 Å². The lowest BCUT2D eigenvalue weighted by molar-refractivity contribution is -0.306. The molecule has 0 aromatic heterocycles. The van der Waals surface area contributed by atoms with Crippen LogP contribution in [0.25, 0.3) is 0 Å². The van der Waals surface area contributed by atoms with Crippen LogP contribution >= 0.6 is 0 Å². The molecule has 0 amide bonds. The molecule has 0 saturated carbocycles. The minimum Gasteiger partial charge on any atom is -0.458 e. The molecule has 65 heavy (non-hydrogen) atoms. The number of hydrogen-bond acceptors (Lipinski definition) is 19. The fourth-order valence-corrected chi connectivity index (χ4v) is 8.80. The smallest absolute Gasteiger partial charge is 0.313 e. The second-order valence-corrected chi connectivity index (χ2v) is 17.2. The summed E-state index contributed by atoms with van der Waals surface area (Å²) in [4.78, 5) is 80.9. The van der Waals surface area contributed by atoms with E-state index >= 15 is 0 Å². The molecule has 3 aliphatic heterocycles. The number of ketones is 2. The lowest BCUT2D eigenvalue weighted by Gasteiger charge is -2.48. The number of hydrogen-bond donors (Lipinski definition) is 0. The third-order valence-corrected chi connectivity index (χ3v) is 12.2. The molecule has 0 radical (unpaired) electrons. The van der Waals surface area contributed by atoms with Crippen LogP contribution in [0.15, 0.2) is 23.3 Å². The second-order valence-electron chi connectivity index (χ2n) is 17.2. The van der Waals surface area contributed by atoms with Gasteiger partial charge in [0.15, 0.2) is 36.9 Å². The molecule has 19 nitrogen and oxygen atoms in total. The number of likely N-dealkylation sites (N-methyl/N-ethyl adjacent to an activating group) is 1. The highest BCUT2D eigenvalue weighted by Gasteiger charge is 2.52. The highest BCUT2D eigenvalue weighted by atomic mass is 16.7. The van der Waals surface area contributed by atoms with Gasteiger partial charge in [0.25, 0.3) is 0 Å². The maximum Gasteiger partial charge on any atom is 0.313 e. The summed E-state index contributed by atoms with van der Waals surface area (Å²) in [5.41, 5.74) is 1.07. The highest BCUT2D eigenvalue weighted by molar-refractivity contribution is 5.97. The van der Waals surface area contributed by atoms with Gasteiger partial charge in [-0.15, -0.1) is 0 Å². The van der Waals surface area contributed by atoms with Gasteiger partial charge in [-0.2, -0.15) is 0 Å². The largest absolute Gasteiger partial charge is 0.458 e. The Labute approximate surface area is 383 Å². The third kappa shape index (κ3) is 15.2. The van der Waals surface area contributed by atoms with Crippen molar-refractivity contribution < 1.29 is 85.6 Å². The van der Waals surface area contributed by atoms with Gasteiger partial charge in [0.2, 0.25) is 0 Å². The number of ether oxygens (including phenoxy) is 12. The minimum absolute atomic E-state index is 0.142. The van der Waals surface area contributed by atoms with Gasteiger partial charge in [0.05, 0.1) is 31.0 Å². The Balaban J connectivity index is 2.09. The van der Waals surface area contributed by atoms with Crippen LogP contribution in [0.2, 0.25) is 0 Å². The molecule has 370 valence electrons. The van der Waals surface area contributed by atoms with Crippen molar-refractivity contribution in [2.24, 2.45) is 17.8 Å². The third-order valence-electron chi connectivity index (χ3n) is 12.2. The molecular formula is C46H73NO18. The lowest BCUT2D eigenvalue weighted by atomic mass is 9.79. The fourth-order valence-electron chi connectivity index (χ4n) is 8.80. The van der Waals surface area contributed by atoms with Gasteiger partial charge < -0.3 is 56.8 Å². The Morgan fingerprint density at radius 1 is 0.754 bits per heavy atom. The van der Waals surface area contributed by atoms with Crippen molar-refractivity contribution in [1.29, 1.82) is 0 Å². The summed E-state index contributed by atoms with van der Waals surface area (Å²) in [6.45, 7) is 14.0. The molecule has 3 rings (SSSR count). The Morgan fingerprint density at radius 3 is 1.85 bits per heavy atom. The molecule has 2 saturated heterocycles. The van der Waals surface area contributed by atoms with Crippen LogP contribution in [0.5, 0.6) is 0 Å². The molecule has 0 aromatic carbocycles. The van der Waals surface area contributed by atoms with E-state index < -0.39 is 134 Å². The van der Waals surface area contributed by atoms with Gasteiger partial charge in [-0.05, 0) is 70.8 Å². The summed E-state index contributed by atoms with van der Waals surface area (Å²) in [6, 6.07) is -0.748. The normalized spacial score (nSPS) is 36.1. The lowest BCUT2D eigenvalue weighted by Crippen LogP contribution is -2.65. The molecule has 5 unspecified atom stereocenters. The average molecular weight is 928 g/mol. The summed E-state index contributed by atoms with van der Waals surface area (Å²) in [6.07, 6.45) is -7.92. The van der Waals surface area contributed by atoms with Crippen molar-refractivity contribution in [3.05, 3.63) is 23.3 Å². The predicted octanol–water partition coefficient (Wildman–Crippen LogP) is 3.66. The maximum absolute atomic E-state index is 14.4. The summed E-state index contributed by atoms with van der Waals surface area (Å²) < 4.78 is 71.3. The monoisotopic (exact) mass is 927 g/mol. The molecule has 3 aliphatic rings. The second kappa shape index (κ2) is 26.0. The van der Waals surface area contributed by atoms with Gasteiger partial charge in [-0.3, -0.25) is 33.7 Å². The number of carbonyl (C=O) groups excluding carboxylic acids is 6. The zero-order valence-corrected chi connectivity index (χ0v) is 40.7. The van der Waals surface area contributed by atoms with E-state index in [2.05, 4.69) is 0 Å². The Morgan fingerprint density at radius 2 is 1.31 bits per heavy atom. The fraction of sp³-hybridized carbons (Fsp3) is 0.783. The summed E-state index contributed by atoms with van der Waals surface area (Å²) >= 11 is 0. The van der Waals surface area contributed by atoms with Crippen LogP contribution < -0.4 is 0 Å². The minimum atomic E-state index is -1.31. The Hall–Kier alpha value is -3.66. The first-order chi connectivity index (χ1) is 30.6. The molecule has 15 atom stereocenters. The first kappa shape index (κ1) is 55.7. The molecule has 0 aromatic rings. The number of esters is 4. The van der Waals surface area contributed by atoms with Gasteiger partial charge in [0.1, 0.15) is 36.6 Å². The van der Waals surface area contributed by atoms with Crippen LogP contribution in [0.3, 0.4) is 0 Å². The first-order valence-electron chi connectivity index (χ1n) is 22.1. The van der Waals surface area contributed by atoms with E-state index in [0.717, 1.165) is 0 Å². The van der Waals surface area contributed by atoms with E-state index in [9.17, 15) is 28.8 Å². The molecule has 2 fully saturated rings. The zero-order valence-electron chi connectivity index (χ0n) is 40.7. The quantitative estimate of drug-likeness (QED) is 0.0934. The number of cyclic esters (lactones) is 1. The topological polar surface area (TPSA) is 216 Å². The maximum atomic E-state index is 14.4. The number of methoxy groups -OCH3 is 4. The predicted molar refractivity (Wildman–Crippen MR) is 231 cm³/mol. The van der Waals surface area contributed by atoms with E-state index in [0.29, 0.717) is 11.1 Å². The van der Waals surface area contributed by atoms with Gasteiger partial charge in [0, 0.05) is 67.5 Å². The molecule has 0 bridgehead atoms. The van der Waals surface area contributed by atoms with Crippen LogP contribution in [0.4, 0.5) is 0 Å². The van der Waals surface area contributed by atoms with Crippen LogP contribution in [0.1, 0.15) is 88.0 Å². The van der Waals surface area contributed by atoms with E-state index in [1.165, 1.54) is 55.3 Å². The van der Waals surface area contributed by atoms with Crippen LogP contribution in [-0.4, -0.2) is 169 Å². The van der Waals surface area contributed by atoms with Crippen molar-refractivity contribution in [3.63, 3.8) is 0 Å². The average Bonchev–Trinajstić information content (AvgIpc) is 3.23.